The molecule has 1 atom stereocenters. The second-order valence-electron chi connectivity index (χ2n) is 2.66. The molecule has 1 aromatic heterocycles. The van der Waals surface area contributed by atoms with E-state index in [9.17, 15) is 4.79 Å². The monoisotopic (exact) mass is 212 g/mol. The zero-order valence-corrected chi connectivity index (χ0v) is 8.62. The first-order valence-electron chi connectivity index (χ1n) is 4.18. The van der Waals surface area contributed by atoms with Gasteiger partial charge in [-0.05, 0) is 19.2 Å². The van der Waals surface area contributed by atoms with Gasteiger partial charge in [0.2, 0.25) is 0 Å². The summed E-state index contributed by atoms with van der Waals surface area (Å²) in [7, 11) is 1.64. The van der Waals surface area contributed by atoms with Crippen molar-refractivity contribution in [1.29, 1.82) is 0 Å². The molecule has 0 aromatic carbocycles. The summed E-state index contributed by atoms with van der Waals surface area (Å²) in [4.78, 5) is 14.7. The number of hydrogen-bond donors (Lipinski definition) is 2. The van der Waals surface area contributed by atoms with E-state index in [4.69, 9.17) is 5.11 Å². The highest BCUT2D eigenvalue weighted by atomic mass is 32.2. The first-order chi connectivity index (χ1) is 6.74. The highest BCUT2D eigenvalue weighted by Crippen LogP contribution is 2.14. The normalized spacial score (nSPS) is 12.4. The number of carbonyl (C=O) groups is 1. The van der Waals surface area contributed by atoms with Crippen molar-refractivity contribution in [3.63, 3.8) is 0 Å². The molecule has 1 aromatic rings. The van der Waals surface area contributed by atoms with E-state index in [1.165, 1.54) is 11.8 Å². The average Bonchev–Trinajstić information content (AvgIpc) is 2.20. The summed E-state index contributed by atoms with van der Waals surface area (Å²) in [5, 5.41) is 12.3. The lowest BCUT2D eigenvalue weighted by atomic mass is 10.3. The molecule has 4 nitrogen and oxygen atoms in total. The van der Waals surface area contributed by atoms with E-state index in [2.05, 4.69) is 10.3 Å². The van der Waals surface area contributed by atoms with E-state index in [1.54, 1.807) is 13.2 Å². The van der Waals surface area contributed by atoms with Crippen molar-refractivity contribution in [2.24, 2.45) is 0 Å². The third-order valence-electron chi connectivity index (χ3n) is 1.68. The van der Waals surface area contributed by atoms with Gasteiger partial charge >= 0.3 is 5.97 Å². The zero-order valence-electron chi connectivity index (χ0n) is 7.80. The minimum atomic E-state index is -0.837. The number of rotatable bonds is 5. The quantitative estimate of drug-likeness (QED) is 0.708. The lowest BCUT2D eigenvalue weighted by Crippen LogP contribution is -2.35. The summed E-state index contributed by atoms with van der Waals surface area (Å²) < 4.78 is 0. The van der Waals surface area contributed by atoms with Crippen molar-refractivity contribution in [1.82, 2.24) is 10.3 Å². The van der Waals surface area contributed by atoms with Crippen LogP contribution in [0.3, 0.4) is 0 Å². The minimum absolute atomic E-state index is 0.475. The molecular formula is C9H12N2O2S. The Morgan fingerprint density at radius 1 is 1.71 bits per heavy atom. The van der Waals surface area contributed by atoms with Gasteiger partial charge in [0.15, 0.2) is 0 Å². The van der Waals surface area contributed by atoms with Crippen molar-refractivity contribution in [2.45, 2.75) is 11.1 Å². The summed E-state index contributed by atoms with van der Waals surface area (Å²) in [5.41, 5.74) is 0. The Balaban J connectivity index is 2.44. The van der Waals surface area contributed by atoms with Crippen LogP contribution in [-0.4, -0.2) is 34.9 Å². The van der Waals surface area contributed by atoms with Crippen LogP contribution in [0.15, 0.2) is 29.4 Å². The van der Waals surface area contributed by atoms with Crippen LogP contribution in [0.2, 0.25) is 0 Å². The lowest BCUT2D eigenvalue weighted by Gasteiger charge is -2.09. The largest absolute Gasteiger partial charge is 0.480 e. The fourth-order valence-corrected chi connectivity index (χ4v) is 1.84. The predicted molar refractivity (Wildman–Crippen MR) is 55.4 cm³/mol. The van der Waals surface area contributed by atoms with Crippen LogP contribution in [-0.2, 0) is 4.79 Å². The van der Waals surface area contributed by atoms with Gasteiger partial charge in [0.05, 0.1) is 5.03 Å². The van der Waals surface area contributed by atoms with Crippen LogP contribution >= 0.6 is 11.8 Å². The molecule has 0 aliphatic heterocycles. The zero-order chi connectivity index (χ0) is 10.4. The minimum Gasteiger partial charge on any atom is -0.480 e. The van der Waals surface area contributed by atoms with E-state index in [-0.39, 0.29) is 0 Å². The van der Waals surface area contributed by atoms with Crippen molar-refractivity contribution in [2.75, 3.05) is 12.8 Å². The van der Waals surface area contributed by atoms with E-state index in [1.807, 2.05) is 18.2 Å². The van der Waals surface area contributed by atoms with Crippen LogP contribution in [0.4, 0.5) is 0 Å². The van der Waals surface area contributed by atoms with E-state index < -0.39 is 12.0 Å². The predicted octanol–water partition coefficient (Wildman–Crippen LogP) is 0.846. The molecule has 2 N–H and O–H groups in total. The first-order valence-corrected chi connectivity index (χ1v) is 5.16. The number of aliphatic carboxylic acids is 1. The van der Waals surface area contributed by atoms with Gasteiger partial charge in [-0.3, -0.25) is 4.79 Å². The van der Waals surface area contributed by atoms with Gasteiger partial charge in [0.25, 0.3) is 0 Å². The number of nitrogens with zero attached hydrogens (tertiary/aromatic N) is 1. The third kappa shape index (κ3) is 3.35. The van der Waals surface area contributed by atoms with Crippen LogP contribution < -0.4 is 5.32 Å². The topological polar surface area (TPSA) is 62.2 Å². The number of hydrogen-bond acceptors (Lipinski definition) is 4. The maximum Gasteiger partial charge on any atom is 0.321 e. The van der Waals surface area contributed by atoms with E-state index in [0.29, 0.717) is 5.75 Å². The van der Waals surface area contributed by atoms with Gasteiger partial charge in [-0.15, -0.1) is 11.8 Å². The summed E-state index contributed by atoms with van der Waals surface area (Å²) >= 11 is 1.43. The molecule has 5 heteroatoms. The molecule has 1 heterocycles. The Bertz CT molecular complexity index is 292. The number of nitrogens with one attached hydrogen (secondary N) is 1. The van der Waals surface area contributed by atoms with Gasteiger partial charge in [-0.25, -0.2) is 4.98 Å². The second-order valence-corrected chi connectivity index (χ2v) is 3.70. The molecule has 0 aliphatic rings. The molecule has 1 unspecified atom stereocenters. The summed E-state index contributed by atoms with van der Waals surface area (Å²) in [6.45, 7) is 0. The molecule has 0 radical (unpaired) electrons. The number of aromatic nitrogens is 1. The van der Waals surface area contributed by atoms with Crippen molar-refractivity contribution < 1.29 is 9.90 Å². The molecule has 0 bridgehead atoms. The molecule has 0 amide bonds. The average molecular weight is 212 g/mol. The molecule has 14 heavy (non-hydrogen) atoms. The number of carboxylic acids is 1. The number of likely N-dealkylation sites (N-methyl/N-ethyl adjacent to an activating group) is 1. The second kappa shape index (κ2) is 5.62. The molecular weight excluding hydrogens is 200 g/mol. The van der Waals surface area contributed by atoms with Gasteiger partial charge in [0.1, 0.15) is 6.04 Å². The van der Waals surface area contributed by atoms with E-state index >= 15 is 0 Å². The molecule has 0 aliphatic carbocycles. The standard InChI is InChI=1S/C9H12N2O2S/c1-10-7(9(12)13)6-14-8-4-2-3-5-11-8/h2-5,7,10H,6H2,1H3,(H,12,13). The fraction of sp³-hybridized carbons (Fsp3) is 0.333. The van der Waals surface area contributed by atoms with Crippen molar-refractivity contribution in [3.8, 4) is 0 Å². The Kier molecular flexibility index (Phi) is 4.42. The van der Waals surface area contributed by atoms with Gasteiger partial charge in [-0.1, -0.05) is 6.07 Å². The van der Waals surface area contributed by atoms with Crippen molar-refractivity contribution >= 4 is 17.7 Å². The summed E-state index contributed by atoms with van der Waals surface area (Å²) in [6.07, 6.45) is 1.69. The van der Waals surface area contributed by atoms with Gasteiger partial charge in [-0.2, -0.15) is 0 Å². The van der Waals surface area contributed by atoms with Crippen LogP contribution in [0.25, 0.3) is 0 Å². The van der Waals surface area contributed by atoms with Crippen molar-refractivity contribution in [3.05, 3.63) is 24.4 Å². The van der Waals surface area contributed by atoms with Crippen LogP contribution in [0, 0.1) is 0 Å². The first kappa shape index (κ1) is 11.0. The van der Waals surface area contributed by atoms with E-state index in [0.717, 1.165) is 5.03 Å². The molecule has 0 fully saturated rings. The lowest BCUT2D eigenvalue weighted by molar-refractivity contribution is -0.138. The molecule has 0 saturated carbocycles. The molecule has 0 spiro atoms. The molecule has 1 rings (SSSR count). The molecule has 0 saturated heterocycles. The Hall–Kier alpha value is -1.07. The maximum atomic E-state index is 10.7. The number of pyridine rings is 1. The summed E-state index contributed by atoms with van der Waals surface area (Å²) in [6, 6.07) is 5.04. The Morgan fingerprint density at radius 2 is 2.50 bits per heavy atom. The fourth-order valence-electron chi connectivity index (χ4n) is 0.879. The Labute approximate surface area is 86.7 Å². The molecule has 76 valence electrons. The van der Waals surface area contributed by atoms with Crippen LogP contribution in [0.1, 0.15) is 0 Å². The number of thioether (sulfide) groups is 1. The smallest absolute Gasteiger partial charge is 0.321 e. The SMILES string of the molecule is CNC(CSc1ccccn1)C(=O)O. The summed E-state index contributed by atoms with van der Waals surface area (Å²) in [5.74, 6) is -0.362. The number of carboxylic acid groups (broad SMARTS) is 1. The van der Waals surface area contributed by atoms with Crippen LogP contribution in [0.5, 0.6) is 0 Å². The maximum absolute atomic E-state index is 10.7. The highest BCUT2D eigenvalue weighted by Gasteiger charge is 2.14. The third-order valence-corrected chi connectivity index (χ3v) is 2.72. The highest BCUT2D eigenvalue weighted by molar-refractivity contribution is 7.99. The Morgan fingerprint density at radius 3 is 3.00 bits per heavy atom. The van der Waals surface area contributed by atoms with Gasteiger partial charge in [0, 0.05) is 11.9 Å². The van der Waals surface area contributed by atoms with Gasteiger partial charge < -0.3 is 10.4 Å².